The van der Waals surface area contributed by atoms with E-state index in [1.54, 1.807) is 0 Å². The Morgan fingerprint density at radius 3 is 2.60 bits per heavy atom. The fourth-order valence-corrected chi connectivity index (χ4v) is 2.45. The van der Waals surface area contributed by atoms with Crippen molar-refractivity contribution in [3.8, 4) is 0 Å². The van der Waals surface area contributed by atoms with Crippen molar-refractivity contribution < 1.29 is 9.59 Å². The molecule has 0 saturated carbocycles. The number of nitrogens with one attached hydrogen (secondary N) is 2. The van der Waals surface area contributed by atoms with Crippen molar-refractivity contribution in [1.29, 1.82) is 0 Å². The highest BCUT2D eigenvalue weighted by molar-refractivity contribution is 5.82. The highest BCUT2D eigenvalue weighted by Crippen LogP contribution is 2.16. The van der Waals surface area contributed by atoms with Gasteiger partial charge in [0.1, 0.15) is 0 Å². The van der Waals surface area contributed by atoms with Crippen LogP contribution in [0.5, 0.6) is 0 Å². The average molecular weight is 283 g/mol. The van der Waals surface area contributed by atoms with Gasteiger partial charge in [-0.15, -0.1) is 0 Å². The van der Waals surface area contributed by atoms with Gasteiger partial charge < -0.3 is 15.5 Å². The molecule has 1 fully saturated rings. The van der Waals surface area contributed by atoms with Gasteiger partial charge in [-0.2, -0.15) is 0 Å². The summed E-state index contributed by atoms with van der Waals surface area (Å²) in [7, 11) is 1.95. The molecule has 5 nitrogen and oxygen atoms in total. The number of rotatable bonds is 5. The van der Waals surface area contributed by atoms with Crippen LogP contribution in [0.2, 0.25) is 0 Å². The molecule has 0 spiro atoms. The molecule has 0 aromatic heterocycles. The molecule has 0 aromatic carbocycles. The van der Waals surface area contributed by atoms with Crippen molar-refractivity contribution in [2.75, 3.05) is 33.2 Å². The monoisotopic (exact) mass is 283 g/mol. The van der Waals surface area contributed by atoms with Crippen molar-refractivity contribution in [2.24, 2.45) is 11.3 Å². The summed E-state index contributed by atoms with van der Waals surface area (Å²) in [5, 5.41) is 6.01. The number of carbonyl (C=O) groups is 2. The van der Waals surface area contributed by atoms with Crippen molar-refractivity contribution in [2.45, 2.75) is 40.0 Å². The number of amides is 2. The molecule has 0 bridgehead atoms. The molecule has 0 radical (unpaired) electrons. The summed E-state index contributed by atoms with van der Waals surface area (Å²) in [4.78, 5) is 25.8. The molecule has 0 aromatic rings. The minimum atomic E-state index is -0.397. The van der Waals surface area contributed by atoms with Crippen LogP contribution in [0.4, 0.5) is 0 Å². The van der Waals surface area contributed by atoms with E-state index in [1.165, 1.54) is 6.42 Å². The van der Waals surface area contributed by atoms with Crippen LogP contribution < -0.4 is 10.6 Å². The molecular formula is C15H29N3O2. The van der Waals surface area contributed by atoms with Crippen LogP contribution in [0.15, 0.2) is 0 Å². The molecule has 116 valence electrons. The SMILES string of the molecule is CNCC1CCCN(C(=O)CCNC(=O)C(C)(C)C)C1. The summed E-state index contributed by atoms with van der Waals surface area (Å²) in [6.45, 7) is 8.71. The lowest BCUT2D eigenvalue weighted by atomic mass is 9.95. The second-order valence-electron chi connectivity index (χ2n) is 6.66. The molecule has 20 heavy (non-hydrogen) atoms. The summed E-state index contributed by atoms with van der Waals surface area (Å²) < 4.78 is 0. The molecule has 5 heteroatoms. The molecule has 1 atom stereocenters. The van der Waals surface area contributed by atoms with Gasteiger partial charge in [-0.1, -0.05) is 20.8 Å². The lowest BCUT2D eigenvalue weighted by molar-refractivity contribution is -0.133. The standard InChI is InChI=1S/C15H29N3O2/c1-15(2,3)14(20)17-8-7-13(19)18-9-5-6-12(11-18)10-16-4/h12,16H,5-11H2,1-4H3,(H,17,20). The summed E-state index contributed by atoms with van der Waals surface area (Å²) in [5.41, 5.74) is -0.397. The predicted molar refractivity (Wildman–Crippen MR) is 80.3 cm³/mol. The van der Waals surface area contributed by atoms with Crippen LogP contribution in [0, 0.1) is 11.3 Å². The first kappa shape index (κ1) is 17.0. The third-order valence-corrected chi connectivity index (χ3v) is 3.67. The third-order valence-electron chi connectivity index (χ3n) is 3.67. The van der Waals surface area contributed by atoms with Crippen LogP contribution in [0.3, 0.4) is 0 Å². The van der Waals surface area contributed by atoms with Crippen LogP contribution in [0.1, 0.15) is 40.0 Å². The van der Waals surface area contributed by atoms with E-state index in [1.807, 2.05) is 32.7 Å². The van der Waals surface area contributed by atoms with E-state index in [9.17, 15) is 9.59 Å². The van der Waals surface area contributed by atoms with Gasteiger partial charge in [0, 0.05) is 31.5 Å². The number of piperidine rings is 1. The largest absolute Gasteiger partial charge is 0.355 e. The molecule has 1 rings (SSSR count). The second-order valence-corrected chi connectivity index (χ2v) is 6.66. The fourth-order valence-electron chi connectivity index (χ4n) is 2.45. The zero-order chi connectivity index (χ0) is 15.2. The molecule has 0 aliphatic carbocycles. The minimum Gasteiger partial charge on any atom is -0.355 e. The number of likely N-dealkylation sites (tertiary alicyclic amines) is 1. The Bertz CT molecular complexity index is 335. The van der Waals surface area contributed by atoms with Gasteiger partial charge in [-0.05, 0) is 32.4 Å². The second kappa shape index (κ2) is 7.62. The van der Waals surface area contributed by atoms with Gasteiger partial charge in [0.25, 0.3) is 0 Å². The van der Waals surface area contributed by atoms with E-state index in [-0.39, 0.29) is 11.8 Å². The first-order chi connectivity index (χ1) is 9.34. The van der Waals surface area contributed by atoms with Gasteiger partial charge in [0.2, 0.25) is 11.8 Å². The zero-order valence-corrected chi connectivity index (χ0v) is 13.3. The Balaban J connectivity index is 2.30. The van der Waals surface area contributed by atoms with Crippen molar-refractivity contribution in [1.82, 2.24) is 15.5 Å². The normalized spacial score (nSPS) is 19.8. The Morgan fingerprint density at radius 1 is 1.30 bits per heavy atom. The molecular weight excluding hydrogens is 254 g/mol. The van der Waals surface area contributed by atoms with E-state index in [0.717, 1.165) is 26.1 Å². The Kier molecular flexibility index (Phi) is 6.46. The van der Waals surface area contributed by atoms with E-state index >= 15 is 0 Å². The fraction of sp³-hybridized carbons (Fsp3) is 0.867. The number of hydrogen-bond donors (Lipinski definition) is 2. The van der Waals surface area contributed by atoms with Crippen LogP contribution >= 0.6 is 0 Å². The Hall–Kier alpha value is -1.10. The summed E-state index contributed by atoms with van der Waals surface area (Å²) >= 11 is 0. The topological polar surface area (TPSA) is 61.4 Å². The zero-order valence-electron chi connectivity index (χ0n) is 13.3. The first-order valence-corrected chi connectivity index (χ1v) is 7.55. The highest BCUT2D eigenvalue weighted by atomic mass is 16.2. The van der Waals surface area contributed by atoms with E-state index < -0.39 is 5.41 Å². The van der Waals surface area contributed by atoms with Gasteiger partial charge in [-0.25, -0.2) is 0 Å². The Labute approximate surface area is 122 Å². The summed E-state index contributed by atoms with van der Waals surface area (Å²) in [6.07, 6.45) is 2.66. The molecule has 2 amide bonds. The first-order valence-electron chi connectivity index (χ1n) is 7.55. The van der Waals surface area contributed by atoms with Crippen molar-refractivity contribution >= 4 is 11.8 Å². The average Bonchev–Trinajstić information content (AvgIpc) is 2.38. The van der Waals surface area contributed by atoms with Crippen LogP contribution in [-0.4, -0.2) is 49.9 Å². The number of nitrogens with zero attached hydrogens (tertiary/aromatic N) is 1. The van der Waals surface area contributed by atoms with Crippen LogP contribution in [-0.2, 0) is 9.59 Å². The van der Waals surface area contributed by atoms with Crippen molar-refractivity contribution in [3.05, 3.63) is 0 Å². The van der Waals surface area contributed by atoms with E-state index in [0.29, 0.717) is 18.9 Å². The third kappa shape index (κ3) is 5.49. The summed E-state index contributed by atoms with van der Waals surface area (Å²) in [6, 6.07) is 0. The quantitative estimate of drug-likeness (QED) is 0.791. The number of carbonyl (C=O) groups excluding carboxylic acids is 2. The van der Waals surface area contributed by atoms with E-state index in [4.69, 9.17) is 0 Å². The maximum absolute atomic E-state index is 12.1. The maximum atomic E-state index is 12.1. The smallest absolute Gasteiger partial charge is 0.225 e. The molecule has 2 N–H and O–H groups in total. The molecule has 1 unspecified atom stereocenters. The number of hydrogen-bond acceptors (Lipinski definition) is 3. The lowest BCUT2D eigenvalue weighted by Gasteiger charge is -2.33. The minimum absolute atomic E-state index is 0.00277. The molecule has 1 aliphatic rings. The van der Waals surface area contributed by atoms with Gasteiger partial charge in [-0.3, -0.25) is 9.59 Å². The van der Waals surface area contributed by atoms with Gasteiger partial charge in [0.15, 0.2) is 0 Å². The molecule has 1 saturated heterocycles. The summed E-state index contributed by atoms with van der Waals surface area (Å²) in [5.74, 6) is 0.707. The van der Waals surface area contributed by atoms with Crippen molar-refractivity contribution in [3.63, 3.8) is 0 Å². The maximum Gasteiger partial charge on any atom is 0.225 e. The van der Waals surface area contributed by atoms with E-state index in [2.05, 4.69) is 10.6 Å². The van der Waals surface area contributed by atoms with Crippen LogP contribution in [0.25, 0.3) is 0 Å². The van der Waals surface area contributed by atoms with Gasteiger partial charge in [0.05, 0.1) is 0 Å². The molecule has 1 heterocycles. The lowest BCUT2D eigenvalue weighted by Crippen LogP contribution is -2.44. The van der Waals surface area contributed by atoms with Gasteiger partial charge >= 0.3 is 0 Å². The Morgan fingerprint density at radius 2 is 2.00 bits per heavy atom. The predicted octanol–water partition coefficient (Wildman–Crippen LogP) is 0.997. The highest BCUT2D eigenvalue weighted by Gasteiger charge is 2.24. The molecule has 1 aliphatic heterocycles.